The van der Waals surface area contributed by atoms with Crippen molar-refractivity contribution in [2.24, 2.45) is 5.84 Å². The molecule has 0 aliphatic rings. The molecule has 0 amide bonds. The highest BCUT2D eigenvalue weighted by Gasteiger charge is 2.17. The van der Waals surface area contributed by atoms with Crippen LogP contribution in [-0.4, -0.2) is 0 Å². The maximum absolute atomic E-state index is 13.7. The molecule has 1 atom stereocenters. The highest BCUT2D eigenvalue weighted by Crippen LogP contribution is 2.29. The number of hydrazine groups is 1. The maximum Gasteiger partial charge on any atom is 0.162 e. The van der Waals surface area contributed by atoms with Gasteiger partial charge in [-0.15, -0.1) is 0 Å². The quantitative estimate of drug-likeness (QED) is 0.656. The Kier molecular flexibility index (Phi) is 4.86. The number of aryl methyl sites for hydroxylation is 1. The molecule has 0 spiro atoms. The summed E-state index contributed by atoms with van der Waals surface area (Å²) in [7, 11) is 0. The Morgan fingerprint density at radius 1 is 1.20 bits per heavy atom. The summed E-state index contributed by atoms with van der Waals surface area (Å²) in [4.78, 5) is 0. The monoisotopic (exact) mass is 340 g/mol. The topological polar surface area (TPSA) is 38.0 Å². The van der Waals surface area contributed by atoms with Gasteiger partial charge in [0.1, 0.15) is 0 Å². The first kappa shape index (κ1) is 15.1. The lowest BCUT2D eigenvalue weighted by molar-refractivity contribution is 0.481. The van der Waals surface area contributed by atoms with E-state index in [2.05, 4.69) is 21.4 Å². The first-order valence-electron chi connectivity index (χ1n) is 6.18. The van der Waals surface area contributed by atoms with E-state index in [-0.39, 0.29) is 12.5 Å². The van der Waals surface area contributed by atoms with E-state index in [0.29, 0.717) is 5.56 Å². The zero-order chi connectivity index (χ0) is 14.7. The summed E-state index contributed by atoms with van der Waals surface area (Å²) in [6.07, 6.45) is 0.266. The lowest BCUT2D eigenvalue weighted by Gasteiger charge is -2.19. The predicted molar refractivity (Wildman–Crippen MR) is 79.0 cm³/mol. The molecule has 0 saturated carbocycles. The van der Waals surface area contributed by atoms with Crippen molar-refractivity contribution in [2.75, 3.05) is 0 Å². The minimum Gasteiger partial charge on any atom is -0.271 e. The van der Waals surface area contributed by atoms with E-state index in [1.165, 1.54) is 6.07 Å². The van der Waals surface area contributed by atoms with Gasteiger partial charge in [0, 0.05) is 4.47 Å². The Morgan fingerprint density at radius 3 is 2.60 bits per heavy atom. The number of hydrogen-bond acceptors (Lipinski definition) is 2. The fourth-order valence-corrected chi connectivity index (χ4v) is 2.66. The van der Waals surface area contributed by atoms with Crippen molar-refractivity contribution in [3.8, 4) is 0 Å². The van der Waals surface area contributed by atoms with Crippen molar-refractivity contribution >= 4 is 15.9 Å². The van der Waals surface area contributed by atoms with Crippen LogP contribution in [0.1, 0.15) is 22.7 Å². The predicted octanol–water partition coefficient (Wildman–Crippen LogP) is 3.78. The van der Waals surface area contributed by atoms with Gasteiger partial charge in [-0.05, 0) is 36.1 Å². The zero-order valence-corrected chi connectivity index (χ0v) is 12.5. The SMILES string of the molecule is Cc1cccc(C(Cc2cccc(F)c2F)NN)c1Br. The van der Waals surface area contributed by atoms with Crippen molar-refractivity contribution in [3.63, 3.8) is 0 Å². The molecule has 3 N–H and O–H groups in total. The van der Waals surface area contributed by atoms with Gasteiger partial charge in [-0.3, -0.25) is 11.3 Å². The van der Waals surface area contributed by atoms with Crippen molar-refractivity contribution in [2.45, 2.75) is 19.4 Å². The van der Waals surface area contributed by atoms with Crippen molar-refractivity contribution < 1.29 is 8.78 Å². The van der Waals surface area contributed by atoms with Crippen molar-refractivity contribution in [3.05, 3.63) is 69.2 Å². The summed E-state index contributed by atoms with van der Waals surface area (Å²) in [6.45, 7) is 1.96. The fraction of sp³-hybridized carbons (Fsp3) is 0.200. The van der Waals surface area contributed by atoms with Gasteiger partial charge in [-0.25, -0.2) is 8.78 Å². The molecule has 0 fully saturated rings. The van der Waals surface area contributed by atoms with Crippen LogP contribution in [-0.2, 0) is 6.42 Å². The maximum atomic E-state index is 13.7. The first-order chi connectivity index (χ1) is 9.54. The second-order valence-electron chi connectivity index (χ2n) is 4.61. The van der Waals surface area contributed by atoms with Crippen LogP contribution in [0.25, 0.3) is 0 Å². The van der Waals surface area contributed by atoms with E-state index >= 15 is 0 Å². The largest absolute Gasteiger partial charge is 0.271 e. The Labute approximate surface area is 125 Å². The summed E-state index contributed by atoms with van der Waals surface area (Å²) >= 11 is 3.50. The van der Waals surface area contributed by atoms with Gasteiger partial charge < -0.3 is 0 Å². The molecule has 20 heavy (non-hydrogen) atoms. The summed E-state index contributed by atoms with van der Waals surface area (Å²) < 4.78 is 27.9. The number of nitrogens with two attached hydrogens (primary N) is 1. The average Bonchev–Trinajstić information content (AvgIpc) is 2.44. The first-order valence-corrected chi connectivity index (χ1v) is 6.98. The van der Waals surface area contributed by atoms with Crippen LogP contribution in [0.5, 0.6) is 0 Å². The third-order valence-electron chi connectivity index (χ3n) is 3.25. The fourth-order valence-electron chi connectivity index (χ4n) is 2.12. The van der Waals surface area contributed by atoms with E-state index in [4.69, 9.17) is 5.84 Å². The van der Waals surface area contributed by atoms with Crippen LogP contribution < -0.4 is 11.3 Å². The molecule has 0 bridgehead atoms. The molecule has 0 aliphatic heterocycles. The van der Waals surface area contributed by atoms with Gasteiger partial charge >= 0.3 is 0 Å². The lowest BCUT2D eigenvalue weighted by atomic mass is 9.97. The van der Waals surface area contributed by atoms with Crippen LogP contribution in [0.3, 0.4) is 0 Å². The van der Waals surface area contributed by atoms with Crippen molar-refractivity contribution in [1.29, 1.82) is 0 Å². The summed E-state index contributed by atoms with van der Waals surface area (Å²) in [5, 5.41) is 0. The molecule has 0 saturated heterocycles. The summed E-state index contributed by atoms with van der Waals surface area (Å²) in [5.74, 6) is 3.90. The van der Waals surface area contributed by atoms with Crippen LogP contribution in [0.15, 0.2) is 40.9 Å². The van der Waals surface area contributed by atoms with E-state index in [9.17, 15) is 8.78 Å². The van der Waals surface area contributed by atoms with Gasteiger partial charge in [-0.2, -0.15) is 0 Å². The molecule has 5 heteroatoms. The Hall–Kier alpha value is -1.30. The normalized spacial score (nSPS) is 12.4. The number of nitrogens with one attached hydrogen (secondary N) is 1. The number of halogens is 3. The summed E-state index contributed by atoms with van der Waals surface area (Å²) in [6, 6.07) is 9.62. The van der Waals surface area contributed by atoms with Crippen LogP contribution >= 0.6 is 15.9 Å². The zero-order valence-electron chi connectivity index (χ0n) is 11.0. The van der Waals surface area contributed by atoms with Gasteiger partial charge in [0.25, 0.3) is 0 Å². The third-order valence-corrected chi connectivity index (χ3v) is 4.34. The van der Waals surface area contributed by atoms with Gasteiger partial charge in [-0.1, -0.05) is 46.3 Å². The second kappa shape index (κ2) is 6.43. The molecule has 0 radical (unpaired) electrons. The molecule has 2 aromatic rings. The molecule has 0 heterocycles. The molecule has 0 aliphatic carbocycles. The van der Waals surface area contributed by atoms with E-state index in [1.807, 2.05) is 25.1 Å². The van der Waals surface area contributed by atoms with Gasteiger partial charge in [0.2, 0.25) is 0 Å². The molecular weight excluding hydrogens is 326 g/mol. The molecular formula is C15H15BrF2N2. The molecule has 106 valence electrons. The van der Waals surface area contributed by atoms with Crippen LogP contribution in [0.2, 0.25) is 0 Å². The average molecular weight is 341 g/mol. The molecule has 2 aromatic carbocycles. The number of rotatable bonds is 4. The molecule has 0 aromatic heterocycles. The number of benzene rings is 2. The van der Waals surface area contributed by atoms with E-state index in [0.717, 1.165) is 21.7 Å². The van der Waals surface area contributed by atoms with Gasteiger partial charge in [0.15, 0.2) is 11.6 Å². The smallest absolute Gasteiger partial charge is 0.162 e. The van der Waals surface area contributed by atoms with Gasteiger partial charge in [0.05, 0.1) is 6.04 Å². The Morgan fingerprint density at radius 2 is 1.90 bits per heavy atom. The molecule has 2 nitrogen and oxygen atoms in total. The Bertz CT molecular complexity index is 617. The minimum absolute atomic E-state index is 0.266. The van der Waals surface area contributed by atoms with E-state index < -0.39 is 11.6 Å². The Balaban J connectivity index is 2.34. The second-order valence-corrected chi connectivity index (χ2v) is 5.41. The molecule has 1 unspecified atom stereocenters. The van der Waals surface area contributed by atoms with Crippen LogP contribution in [0.4, 0.5) is 8.78 Å². The lowest BCUT2D eigenvalue weighted by Crippen LogP contribution is -2.30. The van der Waals surface area contributed by atoms with E-state index in [1.54, 1.807) is 6.07 Å². The highest BCUT2D eigenvalue weighted by atomic mass is 79.9. The molecule has 2 rings (SSSR count). The summed E-state index contributed by atoms with van der Waals surface area (Å²) in [5.41, 5.74) is 4.93. The minimum atomic E-state index is -0.846. The van der Waals surface area contributed by atoms with Crippen LogP contribution in [0, 0.1) is 18.6 Å². The third kappa shape index (κ3) is 3.06. The van der Waals surface area contributed by atoms with Crippen molar-refractivity contribution in [1.82, 2.24) is 5.43 Å². The highest BCUT2D eigenvalue weighted by molar-refractivity contribution is 9.10. The number of hydrogen-bond donors (Lipinski definition) is 2. The standard InChI is InChI=1S/C15H15BrF2N2/c1-9-4-2-6-11(14(9)16)13(20-19)8-10-5-3-7-12(17)15(10)18/h2-7,13,20H,8,19H2,1H3.